The monoisotopic (exact) mass is 461 g/mol. The van der Waals surface area contributed by atoms with Crippen molar-refractivity contribution >= 4 is 28.4 Å². The van der Waals surface area contributed by atoms with Gasteiger partial charge in [0.25, 0.3) is 5.56 Å². The number of carbonyl (C=O) groups excluding carboxylic acids is 1. The number of hydrogen-bond donors (Lipinski definition) is 1. The Labute approximate surface area is 196 Å². The molecule has 0 unspecified atom stereocenters. The normalized spacial score (nSPS) is 10.9. The van der Waals surface area contributed by atoms with Gasteiger partial charge in [0.2, 0.25) is 5.91 Å². The summed E-state index contributed by atoms with van der Waals surface area (Å²) in [4.78, 5) is 38.6. The first-order chi connectivity index (χ1) is 16.0. The Morgan fingerprint density at radius 2 is 1.52 bits per heavy atom. The lowest BCUT2D eigenvalue weighted by molar-refractivity contribution is -0.121. The smallest absolute Gasteiger partial charge is 0.331 e. The highest BCUT2D eigenvalue weighted by atomic mass is 35.5. The number of benzene rings is 3. The molecule has 33 heavy (non-hydrogen) atoms. The Kier molecular flexibility index (Phi) is 7.05. The van der Waals surface area contributed by atoms with Crippen LogP contribution in [0, 0.1) is 0 Å². The Morgan fingerprint density at radius 1 is 0.818 bits per heavy atom. The lowest BCUT2D eigenvalue weighted by atomic mass is 10.1. The third kappa shape index (κ3) is 5.41. The van der Waals surface area contributed by atoms with E-state index in [4.69, 9.17) is 11.6 Å². The fourth-order valence-electron chi connectivity index (χ4n) is 3.79. The third-order valence-electron chi connectivity index (χ3n) is 5.53. The molecule has 1 heterocycles. The maximum Gasteiger partial charge on any atom is 0.331 e. The first kappa shape index (κ1) is 22.6. The van der Waals surface area contributed by atoms with Crippen molar-refractivity contribution in [3.8, 4) is 0 Å². The zero-order valence-corrected chi connectivity index (χ0v) is 18.8. The van der Waals surface area contributed by atoms with Crippen LogP contribution in [0.4, 0.5) is 0 Å². The van der Waals surface area contributed by atoms with Crippen LogP contribution in [0.1, 0.15) is 17.5 Å². The summed E-state index contributed by atoms with van der Waals surface area (Å²) in [6.07, 6.45) is 0.764. The summed E-state index contributed by atoms with van der Waals surface area (Å²) in [6, 6.07) is 24.1. The zero-order valence-electron chi connectivity index (χ0n) is 18.0. The van der Waals surface area contributed by atoms with Gasteiger partial charge in [-0.25, -0.2) is 4.79 Å². The molecule has 0 bridgehead atoms. The van der Waals surface area contributed by atoms with Gasteiger partial charge in [0.1, 0.15) is 0 Å². The van der Waals surface area contributed by atoms with Crippen molar-refractivity contribution in [1.29, 1.82) is 0 Å². The van der Waals surface area contributed by atoms with Gasteiger partial charge in [0.15, 0.2) is 0 Å². The molecule has 7 heteroatoms. The van der Waals surface area contributed by atoms with Gasteiger partial charge in [-0.2, -0.15) is 0 Å². The number of nitrogens with zero attached hydrogens (tertiary/aromatic N) is 2. The molecule has 0 radical (unpaired) electrons. The molecule has 4 rings (SSSR count). The molecule has 1 N–H and O–H groups in total. The minimum atomic E-state index is -0.439. The third-order valence-corrected chi connectivity index (χ3v) is 5.78. The van der Waals surface area contributed by atoms with Crippen molar-refractivity contribution in [2.45, 2.75) is 25.9 Å². The molecular formula is C26H24ClN3O3. The average Bonchev–Trinajstić information content (AvgIpc) is 2.83. The number of carbonyl (C=O) groups is 1. The van der Waals surface area contributed by atoms with Crippen molar-refractivity contribution in [2.24, 2.45) is 0 Å². The second-order valence-electron chi connectivity index (χ2n) is 7.80. The fraction of sp³-hybridized carbons (Fsp3) is 0.192. The number of aromatic nitrogens is 2. The number of halogens is 1. The van der Waals surface area contributed by atoms with Gasteiger partial charge < -0.3 is 5.32 Å². The lowest BCUT2D eigenvalue weighted by Crippen LogP contribution is -2.41. The Morgan fingerprint density at radius 3 is 2.27 bits per heavy atom. The van der Waals surface area contributed by atoms with E-state index in [9.17, 15) is 14.4 Å². The molecule has 1 aromatic heterocycles. The summed E-state index contributed by atoms with van der Waals surface area (Å²) in [5.41, 5.74) is 1.75. The molecule has 0 aliphatic heterocycles. The summed E-state index contributed by atoms with van der Waals surface area (Å²) in [5.74, 6) is -0.199. The van der Waals surface area contributed by atoms with Crippen molar-refractivity contribution in [1.82, 2.24) is 14.5 Å². The molecule has 168 valence electrons. The minimum absolute atomic E-state index is 0.0142. The van der Waals surface area contributed by atoms with E-state index in [0.29, 0.717) is 29.0 Å². The minimum Gasteiger partial charge on any atom is -0.356 e. The highest BCUT2D eigenvalue weighted by Crippen LogP contribution is 2.13. The van der Waals surface area contributed by atoms with Crippen LogP contribution in [0.5, 0.6) is 0 Å². The first-order valence-corrected chi connectivity index (χ1v) is 11.2. The van der Waals surface area contributed by atoms with Crippen LogP contribution in [0.25, 0.3) is 10.9 Å². The topological polar surface area (TPSA) is 73.1 Å². The molecule has 0 aliphatic rings. The molecular weight excluding hydrogens is 438 g/mol. The van der Waals surface area contributed by atoms with Crippen LogP contribution < -0.4 is 16.6 Å². The molecule has 1 amide bonds. The van der Waals surface area contributed by atoms with E-state index in [0.717, 1.165) is 22.1 Å². The van der Waals surface area contributed by atoms with Crippen molar-refractivity contribution in [3.63, 3.8) is 0 Å². The number of rotatable bonds is 8. The molecule has 0 saturated heterocycles. The SMILES string of the molecule is O=C(CCn1c(=O)c2ccccc2n(Cc2ccc(Cl)cc2)c1=O)NCCc1ccccc1. The number of para-hydroxylation sites is 1. The summed E-state index contributed by atoms with van der Waals surface area (Å²) >= 11 is 5.98. The lowest BCUT2D eigenvalue weighted by Gasteiger charge is -2.14. The molecule has 0 fully saturated rings. The van der Waals surface area contributed by atoms with Gasteiger partial charge in [-0.15, -0.1) is 0 Å². The molecule has 0 spiro atoms. The van der Waals surface area contributed by atoms with E-state index in [2.05, 4.69) is 5.32 Å². The van der Waals surface area contributed by atoms with Gasteiger partial charge in [-0.1, -0.05) is 66.2 Å². The van der Waals surface area contributed by atoms with Crippen LogP contribution in [-0.2, 0) is 24.3 Å². The standard InChI is InChI=1S/C26H24ClN3O3/c27-21-12-10-20(11-13-21)18-30-23-9-5-4-8-22(23)25(32)29(26(30)33)17-15-24(31)28-16-14-19-6-2-1-3-7-19/h1-13H,14-18H2,(H,28,31). The average molecular weight is 462 g/mol. The van der Waals surface area contributed by atoms with E-state index < -0.39 is 5.69 Å². The number of fused-ring (bicyclic) bond motifs is 1. The largest absolute Gasteiger partial charge is 0.356 e. The number of nitrogens with one attached hydrogen (secondary N) is 1. The van der Waals surface area contributed by atoms with Gasteiger partial charge in [-0.05, 0) is 41.8 Å². The highest BCUT2D eigenvalue weighted by Gasteiger charge is 2.14. The molecule has 0 saturated carbocycles. The predicted molar refractivity (Wildman–Crippen MR) is 131 cm³/mol. The fourth-order valence-corrected chi connectivity index (χ4v) is 3.91. The van der Waals surface area contributed by atoms with Gasteiger partial charge >= 0.3 is 5.69 Å². The Hall–Kier alpha value is -3.64. The van der Waals surface area contributed by atoms with E-state index in [1.54, 1.807) is 41.0 Å². The molecule has 0 aliphatic carbocycles. The van der Waals surface area contributed by atoms with Crippen molar-refractivity contribution < 1.29 is 4.79 Å². The summed E-state index contributed by atoms with van der Waals surface area (Å²) in [5, 5.41) is 3.91. The maximum absolute atomic E-state index is 13.3. The van der Waals surface area contributed by atoms with E-state index in [1.165, 1.54) is 0 Å². The van der Waals surface area contributed by atoms with E-state index >= 15 is 0 Å². The second kappa shape index (κ2) is 10.3. The van der Waals surface area contributed by atoms with E-state index in [-0.39, 0.29) is 24.4 Å². The van der Waals surface area contributed by atoms with Crippen LogP contribution in [-0.4, -0.2) is 21.6 Å². The van der Waals surface area contributed by atoms with E-state index in [1.807, 2.05) is 42.5 Å². The van der Waals surface area contributed by atoms with Crippen LogP contribution in [0.3, 0.4) is 0 Å². The summed E-state index contributed by atoms with van der Waals surface area (Å²) < 4.78 is 2.71. The van der Waals surface area contributed by atoms with Gasteiger partial charge in [0.05, 0.1) is 17.4 Å². The van der Waals surface area contributed by atoms with Gasteiger partial charge in [0, 0.05) is 24.5 Å². The first-order valence-electron chi connectivity index (χ1n) is 10.8. The second-order valence-corrected chi connectivity index (χ2v) is 8.24. The summed E-state index contributed by atoms with van der Waals surface area (Å²) in [6.45, 7) is 0.802. The summed E-state index contributed by atoms with van der Waals surface area (Å²) in [7, 11) is 0. The zero-order chi connectivity index (χ0) is 23.2. The molecule has 6 nitrogen and oxygen atoms in total. The highest BCUT2D eigenvalue weighted by molar-refractivity contribution is 6.30. The number of hydrogen-bond acceptors (Lipinski definition) is 3. The Balaban J connectivity index is 1.53. The van der Waals surface area contributed by atoms with Crippen LogP contribution in [0.2, 0.25) is 5.02 Å². The predicted octanol–water partition coefficient (Wildman–Crippen LogP) is 3.61. The Bertz CT molecular complexity index is 1380. The molecule has 0 atom stereocenters. The maximum atomic E-state index is 13.3. The van der Waals surface area contributed by atoms with Crippen LogP contribution >= 0.6 is 11.6 Å². The van der Waals surface area contributed by atoms with Crippen molar-refractivity contribution in [2.75, 3.05) is 6.54 Å². The molecule has 4 aromatic rings. The quantitative estimate of drug-likeness (QED) is 0.435. The van der Waals surface area contributed by atoms with Crippen LogP contribution in [0.15, 0.2) is 88.5 Å². The van der Waals surface area contributed by atoms with Gasteiger partial charge in [-0.3, -0.25) is 18.7 Å². The van der Waals surface area contributed by atoms with Crippen molar-refractivity contribution in [3.05, 3.63) is 116 Å². The number of amides is 1. The molecule has 3 aromatic carbocycles.